The molecule has 0 fully saturated rings. The van der Waals surface area contributed by atoms with Gasteiger partial charge in [0.25, 0.3) is 5.91 Å². The predicted molar refractivity (Wildman–Crippen MR) is 72.5 cm³/mol. The second kappa shape index (κ2) is 6.41. The Morgan fingerprint density at radius 3 is 2.48 bits per heavy atom. The maximum absolute atomic E-state index is 13.0. The average molecular weight is 292 g/mol. The highest BCUT2D eigenvalue weighted by Crippen LogP contribution is 2.17. The summed E-state index contributed by atoms with van der Waals surface area (Å²) < 4.78 is 25.8. The monoisotopic (exact) mass is 292 g/mol. The van der Waals surface area contributed by atoms with E-state index in [9.17, 15) is 18.7 Å². The van der Waals surface area contributed by atoms with Crippen LogP contribution in [0.25, 0.3) is 0 Å². The van der Waals surface area contributed by atoms with Crippen molar-refractivity contribution in [3.63, 3.8) is 0 Å². The molecule has 1 amide bonds. The molecule has 110 valence electrons. The van der Waals surface area contributed by atoms with Crippen molar-refractivity contribution < 1.29 is 18.7 Å². The Kier molecular flexibility index (Phi) is 4.59. The van der Waals surface area contributed by atoms with Crippen molar-refractivity contribution in [2.24, 2.45) is 0 Å². The molecule has 0 spiro atoms. The molecule has 0 aliphatic heterocycles. The third kappa shape index (κ3) is 3.82. The molecular formula is C15H14F2N2O2. The van der Waals surface area contributed by atoms with E-state index in [1.54, 1.807) is 6.92 Å². The molecule has 2 unspecified atom stereocenters. The van der Waals surface area contributed by atoms with Crippen LogP contribution in [0.4, 0.5) is 8.78 Å². The maximum Gasteiger partial charge on any atom is 0.270 e. The first-order valence-electron chi connectivity index (χ1n) is 6.34. The van der Waals surface area contributed by atoms with Gasteiger partial charge in [0.05, 0.1) is 12.1 Å². The number of aliphatic hydroxyl groups is 1. The molecule has 0 radical (unpaired) electrons. The molecule has 1 aromatic heterocycles. The Bertz CT molecular complexity index is 632. The van der Waals surface area contributed by atoms with E-state index in [0.29, 0.717) is 5.56 Å². The summed E-state index contributed by atoms with van der Waals surface area (Å²) >= 11 is 0. The number of rotatable bonds is 4. The highest BCUT2D eigenvalue weighted by Gasteiger charge is 2.19. The standard InChI is InChI=1S/C15H14F2N2O2/c1-9(14(20)10-5-7-11(16)8-6-10)18-15(21)12-3-2-4-13(17)19-12/h2-9,14,20H,1H3,(H,18,21). The van der Waals surface area contributed by atoms with Crippen molar-refractivity contribution in [3.8, 4) is 0 Å². The van der Waals surface area contributed by atoms with E-state index in [1.165, 1.54) is 36.4 Å². The minimum Gasteiger partial charge on any atom is -0.386 e. The smallest absolute Gasteiger partial charge is 0.270 e. The van der Waals surface area contributed by atoms with Gasteiger partial charge >= 0.3 is 0 Å². The van der Waals surface area contributed by atoms with Gasteiger partial charge in [-0.3, -0.25) is 4.79 Å². The zero-order valence-electron chi connectivity index (χ0n) is 11.3. The molecule has 4 nitrogen and oxygen atoms in total. The average Bonchev–Trinajstić information content (AvgIpc) is 2.47. The maximum atomic E-state index is 13.0. The lowest BCUT2D eigenvalue weighted by atomic mass is 10.0. The summed E-state index contributed by atoms with van der Waals surface area (Å²) in [5, 5.41) is 12.6. The van der Waals surface area contributed by atoms with Crippen molar-refractivity contribution >= 4 is 5.91 Å². The van der Waals surface area contributed by atoms with Gasteiger partial charge in [-0.15, -0.1) is 0 Å². The normalized spacial score (nSPS) is 13.5. The second-order valence-electron chi connectivity index (χ2n) is 4.60. The topological polar surface area (TPSA) is 62.2 Å². The van der Waals surface area contributed by atoms with E-state index < -0.39 is 29.8 Å². The van der Waals surface area contributed by atoms with Crippen molar-refractivity contribution in [1.82, 2.24) is 10.3 Å². The van der Waals surface area contributed by atoms with Crippen LogP contribution in [0.1, 0.15) is 29.1 Å². The Labute approximate surface area is 120 Å². The van der Waals surface area contributed by atoms with Crippen molar-refractivity contribution in [1.29, 1.82) is 0 Å². The third-order valence-electron chi connectivity index (χ3n) is 2.99. The number of aliphatic hydroxyl groups excluding tert-OH is 1. The molecule has 0 aliphatic rings. The van der Waals surface area contributed by atoms with E-state index in [2.05, 4.69) is 10.3 Å². The van der Waals surface area contributed by atoms with Gasteiger partial charge < -0.3 is 10.4 Å². The Morgan fingerprint density at radius 1 is 1.19 bits per heavy atom. The van der Waals surface area contributed by atoms with Gasteiger partial charge in [0.2, 0.25) is 5.95 Å². The van der Waals surface area contributed by atoms with Gasteiger partial charge in [-0.1, -0.05) is 18.2 Å². The van der Waals surface area contributed by atoms with Gasteiger partial charge in [0.15, 0.2) is 0 Å². The van der Waals surface area contributed by atoms with Crippen LogP contribution in [-0.2, 0) is 0 Å². The number of halogens is 2. The molecule has 2 rings (SSSR count). The highest BCUT2D eigenvalue weighted by atomic mass is 19.1. The molecule has 2 aromatic rings. The fraction of sp³-hybridized carbons (Fsp3) is 0.200. The largest absolute Gasteiger partial charge is 0.386 e. The molecule has 1 aromatic carbocycles. The molecular weight excluding hydrogens is 278 g/mol. The lowest BCUT2D eigenvalue weighted by molar-refractivity contribution is 0.0846. The molecule has 0 saturated heterocycles. The predicted octanol–water partition coefficient (Wildman–Crippen LogP) is 2.21. The van der Waals surface area contributed by atoms with Crippen molar-refractivity contribution in [3.05, 3.63) is 65.5 Å². The first kappa shape index (κ1) is 15.1. The van der Waals surface area contributed by atoms with Crippen LogP contribution in [0.2, 0.25) is 0 Å². The Morgan fingerprint density at radius 2 is 1.86 bits per heavy atom. The highest BCUT2D eigenvalue weighted by molar-refractivity contribution is 5.92. The first-order valence-corrected chi connectivity index (χ1v) is 6.34. The van der Waals surface area contributed by atoms with E-state index in [4.69, 9.17) is 0 Å². The van der Waals surface area contributed by atoms with Crippen LogP contribution in [0.5, 0.6) is 0 Å². The number of hydrogen-bond acceptors (Lipinski definition) is 3. The zero-order valence-corrected chi connectivity index (χ0v) is 11.3. The number of benzene rings is 1. The summed E-state index contributed by atoms with van der Waals surface area (Å²) in [6.45, 7) is 1.59. The second-order valence-corrected chi connectivity index (χ2v) is 4.60. The van der Waals surface area contributed by atoms with Gasteiger partial charge in [-0.05, 0) is 36.8 Å². The number of pyridine rings is 1. The summed E-state index contributed by atoms with van der Waals surface area (Å²) in [7, 11) is 0. The molecule has 0 aliphatic carbocycles. The van der Waals surface area contributed by atoms with Crippen LogP contribution < -0.4 is 5.32 Å². The minimum absolute atomic E-state index is 0.0758. The number of amides is 1. The van der Waals surface area contributed by atoms with Crippen LogP contribution >= 0.6 is 0 Å². The number of nitrogens with one attached hydrogen (secondary N) is 1. The fourth-order valence-corrected chi connectivity index (χ4v) is 1.84. The summed E-state index contributed by atoms with van der Waals surface area (Å²) in [5.41, 5.74) is 0.393. The molecule has 2 atom stereocenters. The van der Waals surface area contributed by atoms with Gasteiger partial charge in [-0.25, -0.2) is 9.37 Å². The molecule has 21 heavy (non-hydrogen) atoms. The number of hydrogen-bond donors (Lipinski definition) is 2. The molecule has 0 saturated carbocycles. The van der Waals surface area contributed by atoms with Crippen LogP contribution in [0.3, 0.4) is 0 Å². The van der Waals surface area contributed by atoms with Gasteiger partial charge in [0, 0.05) is 0 Å². The summed E-state index contributed by atoms with van der Waals surface area (Å²) in [4.78, 5) is 15.3. The SMILES string of the molecule is CC(NC(=O)c1cccc(F)n1)C(O)c1ccc(F)cc1. The van der Waals surface area contributed by atoms with Gasteiger partial charge in [0.1, 0.15) is 11.5 Å². The lowest BCUT2D eigenvalue weighted by Crippen LogP contribution is -2.37. The number of aromatic nitrogens is 1. The lowest BCUT2D eigenvalue weighted by Gasteiger charge is -2.20. The minimum atomic E-state index is -1.01. The molecule has 2 N–H and O–H groups in total. The number of carbonyl (C=O) groups excluding carboxylic acids is 1. The molecule has 0 bridgehead atoms. The summed E-state index contributed by atoms with van der Waals surface area (Å²) in [5.74, 6) is -1.76. The van der Waals surface area contributed by atoms with E-state index >= 15 is 0 Å². The van der Waals surface area contributed by atoms with Crippen LogP contribution in [-0.4, -0.2) is 22.0 Å². The van der Waals surface area contributed by atoms with Gasteiger partial charge in [-0.2, -0.15) is 4.39 Å². The summed E-state index contributed by atoms with van der Waals surface area (Å²) in [6, 6.07) is 8.55. The fourth-order valence-electron chi connectivity index (χ4n) is 1.84. The first-order chi connectivity index (χ1) is 9.97. The van der Waals surface area contributed by atoms with Crippen molar-refractivity contribution in [2.75, 3.05) is 0 Å². The van der Waals surface area contributed by atoms with E-state index in [-0.39, 0.29) is 5.69 Å². The third-order valence-corrected chi connectivity index (χ3v) is 2.99. The molecule has 6 heteroatoms. The quantitative estimate of drug-likeness (QED) is 0.849. The zero-order chi connectivity index (χ0) is 15.4. The van der Waals surface area contributed by atoms with Crippen molar-refractivity contribution in [2.45, 2.75) is 19.1 Å². The van der Waals surface area contributed by atoms with E-state index in [0.717, 1.165) is 6.07 Å². The molecule has 1 heterocycles. The number of carbonyl (C=O) groups is 1. The van der Waals surface area contributed by atoms with E-state index in [1.807, 2.05) is 0 Å². The Hall–Kier alpha value is -2.34. The van der Waals surface area contributed by atoms with Crippen LogP contribution in [0, 0.1) is 11.8 Å². The Balaban J connectivity index is 2.05. The number of nitrogens with zero attached hydrogens (tertiary/aromatic N) is 1. The van der Waals surface area contributed by atoms with Crippen LogP contribution in [0.15, 0.2) is 42.5 Å². The summed E-state index contributed by atoms with van der Waals surface area (Å²) in [6.07, 6.45) is -1.01.